The maximum Gasteiger partial charge on any atom is 0.374 e. The van der Waals surface area contributed by atoms with Gasteiger partial charge in [-0.05, 0) is 19.8 Å². The molecule has 0 radical (unpaired) electrons. The number of carbonyl (C=O) groups excluding carboxylic acids is 2. The lowest BCUT2D eigenvalue weighted by atomic mass is 10.2. The van der Waals surface area contributed by atoms with Crippen molar-refractivity contribution in [2.45, 2.75) is 26.2 Å². The molecule has 0 atom stereocenters. The van der Waals surface area contributed by atoms with Crippen LogP contribution in [0.15, 0.2) is 12.7 Å². The number of hydrogen-bond donors (Lipinski definition) is 0. The first-order valence-electron chi connectivity index (χ1n) is 4.03. The van der Waals surface area contributed by atoms with Crippen LogP contribution in [0.2, 0.25) is 0 Å². The Hall–Kier alpha value is -1.12. The molecule has 3 heteroatoms. The van der Waals surface area contributed by atoms with Crippen molar-refractivity contribution in [3.05, 3.63) is 12.7 Å². The van der Waals surface area contributed by atoms with Gasteiger partial charge in [-0.25, -0.2) is 4.79 Å². The van der Waals surface area contributed by atoms with Gasteiger partial charge in [0.1, 0.15) is 0 Å². The van der Waals surface area contributed by atoms with Crippen molar-refractivity contribution in [2.75, 3.05) is 6.61 Å². The van der Waals surface area contributed by atoms with Gasteiger partial charge in [-0.3, -0.25) is 4.79 Å². The number of rotatable bonds is 6. The molecule has 0 saturated heterocycles. The number of ether oxygens (including phenoxy) is 1. The fraction of sp³-hybridized carbons (Fsp3) is 0.556. The van der Waals surface area contributed by atoms with Gasteiger partial charge < -0.3 is 4.74 Å². The van der Waals surface area contributed by atoms with Gasteiger partial charge in [-0.15, -0.1) is 6.58 Å². The van der Waals surface area contributed by atoms with Gasteiger partial charge in [0.15, 0.2) is 0 Å². The van der Waals surface area contributed by atoms with E-state index in [9.17, 15) is 9.59 Å². The van der Waals surface area contributed by atoms with Crippen LogP contribution in [0, 0.1) is 0 Å². The van der Waals surface area contributed by atoms with Gasteiger partial charge in [0.25, 0.3) is 0 Å². The maximum atomic E-state index is 10.9. The first-order valence-corrected chi connectivity index (χ1v) is 4.03. The molecule has 0 aliphatic rings. The quantitative estimate of drug-likeness (QED) is 0.262. The predicted molar refractivity (Wildman–Crippen MR) is 45.7 cm³/mol. The summed E-state index contributed by atoms with van der Waals surface area (Å²) in [6.45, 7) is 5.44. The normalized spacial score (nSPS) is 9.08. The second-order valence-electron chi connectivity index (χ2n) is 2.32. The smallest absolute Gasteiger partial charge is 0.374 e. The highest BCUT2D eigenvalue weighted by Crippen LogP contribution is 1.98. The summed E-state index contributed by atoms with van der Waals surface area (Å²) < 4.78 is 4.52. The summed E-state index contributed by atoms with van der Waals surface area (Å²) in [6.07, 6.45) is 3.40. The van der Waals surface area contributed by atoms with Crippen molar-refractivity contribution in [1.82, 2.24) is 0 Å². The minimum absolute atomic E-state index is 0.255. The summed E-state index contributed by atoms with van der Waals surface area (Å²) >= 11 is 0. The van der Waals surface area contributed by atoms with Gasteiger partial charge in [-0.1, -0.05) is 6.08 Å². The first kappa shape index (κ1) is 10.9. The Morgan fingerprint density at radius 2 is 2.17 bits per heavy atom. The Kier molecular flexibility index (Phi) is 5.97. The number of hydrogen-bond acceptors (Lipinski definition) is 3. The monoisotopic (exact) mass is 170 g/mol. The van der Waals surface area contributed by atoms with Gasteiger partial charge in [0.2, 0.25) is 5.78 Å². The van der Waals surface area contributed by atoms with Crippen molar-refractivity contribution in [2.24, 2.45) is 0 Å². The molecule has 0 amide bonds. The van der Waals surface area contributed by atoms with Crippen molar-refractivity contribution in [3.63, 3.8) is 0 Å². The number of carbonyl (C=O) groups is 2. The standard InChI is InChI=1S/C9H14O3/c1-3-5-6-7-8(10)9(11)12-4-2/h3H,1,4-7H2,2H3. The summed E-state index contributed by atoms with van der Waals surface area (Å²) in [4.78, 5) is 21.6. The predicted octanol–water partition coefficient (Wildman–Crippen LogP) is 1.47. The van der Waals surface area contributed by atoms with Crippen LogP contribution >= 0.6 is 0 Å². The summed E-state index contributed by atoms with van der Waals surface area (Å²) in [5, 5.41) is 0. The highest BCUT2D eigenvalue weighted by molar-refractivity contribution is 6.33. The Bertz CT molecular complexity index is 173. The summed E-state index contributed by atoms with van der Waals surface area (Å²) in [7, 11) is 0. The van der Waals surface area contributed by atoms with E-state index in [1.165, 1.54) is 0 Å². The third kappa shape index (κ3) is 4.66. The number of Topliss-reactive ketones (excluding diaryl/α,β-unsaturated/α-hetero) is 1. The Balaban J connectivity index is 3.57. The van der Waals surface area contributed by atoms with Gasteiger partial charge in [0, 0.05) is 6.42 Å². The van der Waals surface area contributed by atoms with E-state index in [0.29, 0.717) is 6.42 Å². The van der Waals surface area contributed by atoms with Crippen molar-refractivity contribution < 1.29 is 14.3 Å². The van der Waals surface area contributed by atoms with Crippen LogP contribution in [0.3, 0.4) is 0 Å². The van der Waals surface area contributed by atoms with Crippen LogP contribution in [-0.4, -0.2) is 18.4 Å². The third-order valence-corrected chi connectivity index (χ3v) is 1.32. The maximum absolute atomic E-state index is 10.9. The zero-order chi connectivity index (χ0) is 9.40. The topological polar surface area (TPSA) is 43.4 Å². The molecule has 0 aliphatic carbocycles. The Labute approximate surface area is 72.4 Å². The molecule has 12 heavy (non-hydrogen) atoms. The lowest BCUT2D eigenvalue weighted by Gasteiger charge is -1.98. The number of unbranched alkanes of at least 4 members (excludes halogenated alkanes) is 1. The number of allylic oxidation sites excluding steroid dienone is 1. The molecular weight excluding hydrogens is 156 g/mol. The van der Waals surface area contributed by atoms with Gasteiger partial charge in [-0.2, -0.15) is 0 Å². The highest BCUT2D eigenvalue weighted by atomic mass is 16.5. The van der Waals surface area contributed by atoms with Crippen LogP contribution in [0.25, 0.3) is 0 Å². The molecule has 0 N–H and O–H groups in total. The minimum atomic E-state index is -0.721. The lowest BCUT2D eigenvalue weighted by Crippen LogP contribution is -2.16. The zero-order valence-electron chi connectivity index (χ0n) is 7.34. The zero-order valence-corrected chi connectivity index (χ0v) is 7.34. The number of esters is 1. The summed E-state index contributed by atoms with van der Waals surface area (Å²) in [5.41, 5.74) is 0. The Morgan fingerprint density at radius 1 is 1.50 bits per heavy atom. The Morgan fingerprint density at radius 3 is 2.67 bits per heavy atom. The average Bonchev–Trinajstić information content (AvgIpc) is 2.05. The fourth-order valence-electron chi connectivity index (χ4n) is 0.721. The second-order valence-corrected chi connectivity index (χ2v) is 2.32. The van der Waals surface area contributed by atoms with Crippen LogP contribution in [0.4, 0.5) is 0 Å². The van der Waals surface area contributed by atoms with E-state index in [1.807, 2.05) is 0 Å². The van der Waals surface area contributed by atoms with E-state index in [2.05, 4.69) is 11.3 Å². The molecule has 0 bridgehead atoms. The van der Waals surface area contributed by atoms with E-state index < -0.39 is 11.8 Å². The largest absolute Gasteiger partial charge is 0.460 e. The third-order valence-electron chi connectivity index (χ3n) is 1.32. The lowest BCUT2D eigenvalue weighted by molar-refractivity contribution is -0.153. The van der Waals surface area contributed by atoms with Crippen LogP contribution in [0.5, 0.6) is 0 Å². The molecule has 0 aliphatic heterocycles. The van der Waals surface area contributed by atoms with Gasteiger partial charge >= 0.3 is 5.97 Å². The molecule has 0 unspecified atom stereocenters. The summed E-state index contributed by atoms with van der Waals surface area (Å²) in [6, 6.07) is 0. The molecule has 0 aromatic carbocycles. The molecule has 68 valence electrons. The average molecular weight is 170 g/mol. The molecule has 0 spiro atoms. The molecule has 0 aromatic heterocycles. The van der Waals surface area contributed by atoms with Gasteiger partial charge in [0.05, 0.1) is 6.61 Å². The van der Waals surface area contributed by atoms with E-state index in [4.69, 9.17) is 0 Å². The number of ketones is 1. The first-order chi connectivity index (χ1) is 5.72. The van der Waals surface area contributed by atoms with E-state index in [-0.39, 0.29) is 13.0 Å². The summed E-state index contributed by atoms with van der Waals surface area (Å²) in [5.74, 6) is -1.17. The SMILES string of the molecule is C=CCCCC(=O)C(=O)OCC. The van der Waals surface area contributed by atoms with E-state index in [0.717, 1.165) is 6.42 Å². The minimum Gasteiger partial charge on any atom is -0.460 e. The fourth-order valence-corrected chi connectivity index (χ4v) is 0.721. The van der Waals surface area contributed by atoms with Crippen LogP contribution in [0.1, 0.15) is 26.2 Å². The van der Waals surface area contributed by atoms with E-state index >= 15 is 0 Å². The second kappa shape index (κ2) is 6.58. The van der Waals surface area contributed by atoms with E-state index in [1.54, 1.807) is 13.0 Å². The molecule has 0 fully saturated rings. The molecule has 0 saturated carbocycles. The molecule has 0 heterocycles. The molecule has 0 aromatic rings. The molecule has 0 rings (SSSR count). The molecule has 3 nitrogen and oxygen atoms in total. The molecular formula is C9H14O3. The van der Waals surface area contributed by atoms with Crippen molar-refractivity contribution in [3.8, 4) is 0 Å². The van der Waals surface area contributed by atoms with Crippen molar-refractivity contribution in [1.29, 1.82) is 0 Å². The van der Waals surface area contributed by atoms with Crippen LogP contribution < -0.4 is 0 Å². The van der Waals surface area contributed by atoms with Crippen LogP contribution in [-0.2, 0) is 14.3 Å². The highest BCUT2D eigenvalue weighted by Gasteiger charge is 2.12. The van der Waals surface area contributed by atoms with Crippen molar-refractivity contribution >= 4 is 11.8 Å².